The first-order valence-corrected chi connectivity index (χ1v) is 12.0. The minimum atomic E-state index is -0.743. The fourth-order valence-electron chi connectivity index (χ4n) is 3.82. The summed E-state index contributed by atoms with van der Waals surface area (Å²) in [6, 6.07) is 20.5. The number of hydrogen-bond donors (Lipinski definition) is 3. The molecule has 5 rings (SSSR count). The van der Waals surface area contributed by atoms with Crippen molar-refractivity contribution in [2.45, 2.75) is 18.6 Å². The summed E-state index contributed by atoms with van der Waals surface area (Å²) in [5, 5.41) is 23.1. The molecule has 0 radical (unpaired) electrons. The van der Waals surface area contributed by atoms with Gasteiger partial charge in [0.15, 0.2) is 10.9 Å². The number of hydrogen-bond acceptors (Lipinski definition) is 7. The molecular formula is C26H21N5O4S. The van der Waals surface area contributed by atoms with Gasteiger partial charge >= 0.3 is 0 Å². The third-order valence-corrected chi connectivity index (χ3v) is 6.76. The molecule has 3 aromatic rings. The van der Waals surface area contributed by atoms with Crippen LogP contribution in [0.5, 0.6) is 5.75 Å². The first-order valence-electron chi connectivity index (χ1n) is 11.1. The van der Waals surface area contributed by atoms with Gasteiger partial charge in [0, 0.05) is 17.7 Å². The average Bonchev–Trinajstić information content (AvgIpc) is 3.35. The van der Waals surface area contributed by atoms with Gasteiger partial charge in [0.2, 0.25) is 11.8 Å². The Morgan fingerprint density at radius 1 is 1.03 bits per heavy atom. The van der Waals surface area contributed by atoms with Crippen LogP contribution in [-0.2, 0) is 14.4 Å². The minimum absolute atomic E-state index is 0.0463. The van der Waals surface area contributed by atoms with E-state index in [9.17, 15) is 19.5 Å². The summed E-state index contributed by atoms with van der Waals surface area (Å²) >= 11 is 1.10. The highest BCUT2D eigenvalue weighted by Crippen LogP contribution is 2.35. The molecule has 1 fully saturated rings. The summed E-state index contributed by atoms with van der Waals surface area (Å²) < 4.78 is 0. The molecule has 10 heteroatoms. The van der Waals surface area contributed by atoms with E-state index in [4.69, 9.17) is 0 Å². The smallest absolute Gasteiger partial charge is 0.276 e. The Morgan fingerprint density at radius 2 is 1.75 bits per heavy atom. The van der Waals surface area contributed by atoms with E-state index in [1.807, 2.05) is 19.1 Å². The van der Waals surface area contributed by atoms with Crippen LogP contribution >= 0.6 is 11.8 Å². The molecular weight excluding hydrogens is 478 g/mol. The first-order chi connectivity index (χ1) is 17.4. The van der Waals surface area contributed by atoms with Crippen LogP contribution in [0.3, 0.4) is 0 Å². The van der Waals surface area contributed by atoms with Crippen LogP contribution in [-0.4, -0.2) is 39.0 Å². The fraction of sp³-hybridized carbons (Fsp3) is 0.115. The van der Waals surface area contributed by atoms with E-state index in [0.29, 0.717) is 22.6 Å². The normalized spacial score (nSPS) is 19.0. The molecule has 2 aliphatic heterocycles. The van der Waals surface area contributed by atoms with Gasteiger partial charge in [-0.2, -0.15) is 0 Å². The van der Waals surface area contributed by atoms with Crippen LogP contribution in [0, 0.1) is 6.92 Å². The molecule has 3 N–H and O–H groups in total. The van der Waals surface area contributed by atoms with E-state index in [1.54, 1.807) is 48.5 Å². The molecule has 0 spiro atoms. The van der Waals surface area contributed by atoms with Crippen LogP contribution in [0.1, 0.15) is 17.5 Å². The summed E-state index contributed by atoms with van der Waals surface area (Å²) in [6.07, 6.45) is -0.0785. The van der Waals surface area contributed by atoms with Crippen molar-refractivity contribution in [3.05, 3.63) is 83.9 Å². The molecule has 9 nitrogen and oxygen atoms in total. The van der Waals surface area contributed by atoms with Gasteiger partial charge < -0.3 is 15.7 Å². The minimum Gasteiger partial charge on any atom is -0.508 e. The molecule has 3 amide bonds. The van der Waals surface area contributed by atoms with Gasteiger partial charge in [0.05, 0.1) is 11.4 Å². The number of carbonyl (C=O) groups is 3. The Labute approximate surface area is 210 Å². The largest absolute Gasteiger partial charge is 0.508 e. The number of rotatable bonds is 5. The summed E-state index contributed by atoms with van der Waals surface area (Å²) in [6.45, 7) is 1.95. The molecule has 2 heterocycles. The first kappa shape index (κ1) is 23.3. The monoisotopic (exact) mass is 499 g/mol. The van der Waals surface area contributed by atoms with Crippen molar-refractivity contribution >= 4 is 57.4 Å². The number of carbonyl (C=O) groups excluding carboxylic acids is 3. The molecule has 1 saturated heterocycles. The van der Waals surface area contributed by atoms with Gasteiger partial charge in [-0.15, -0.1) is 10.2 Å². The second kappa shape index (κ2) is 9.67. The molecule has 3 aromatic carbocycles. The lowest BCUT2D eigenvalue weighted by Gasteiger charge is -2.16. The maximum Gasteiger partial charge on any atom is 0.276 e. The number of phenols is 1. The number of thioether (sulfide) groups is 1. The number of para-hydroxylation sites is 1. The van der Waals surface area contributed by atoms with Gasteiger partial charge in [0.1, 0.15) is 11.0 Å². The Kier molecular flexibility index (Phi) is 6.26. The molecule has 1 unspecified atom stereocenters. The number of nitrogens with one attached hydrogen (secondary N) is 2. The van der Waals surface area contributed by atoms with Crippen molar-refractivity contribution in [1.29, 1.82) is 0 Å². The van der Waals surface area contributed by atoms with Crippen molar-refractivity contribution in [2.75, 3.05) is 15.5 Å². The highest BCUT2D eigenvalue weighted by molar-refractivity contribution is 8.16. The maximum absolute atomic E-state index is 13.3. The number of amidine groups is 1. The number of fused-ring (bicyclic) bond motifs is 1. The molecule has 0 aliphatic carbocycles. The van der Waals surface area contributed by atoms with E-state index in [0.717, 1.165) is 17.3 Å². The summed E-state index contributed by atoms with van der Waals surface area (Å²) in [7, 11) is 0. The van der Waals surface area contributed by atoms with Crippen molar-refractivity contribution in [3.63, 3.8) is 0 Å². The average molecular weight is 500 g/mol. The number of aryl methyl sites for hydroxylation is 1. The number of amides is 3. The lowest BCUT2D eigenvalue weighted by molar-refractivity contribution is -0.121. The fourth-order valence-corrected chi connectivity index (χ4v) is 4.90. The maximum atomic E-state index is 13.3. The topological polar surface area (TPSA) is 123 Å². The van der Waals surface area contributed by atoms with Crippen molar-refractivity contribution in [3.8, 4) is 5.75 Å². The zero-order valence-electron chi connectivity index (χ0n) is 19.1. The van der Waals surface area contributed by atoms with E-state index in [2.05, 4.69) is 20.8 Å². The SMILES string of the molecule is Cc1ccc(NC(=O)CC2S/C(=N/N=C3\C(=O)Nc4ccccc43)N(c3ccc(O)cc3)C2=O)cc1. The zero-order chi connectivity index (χ0) is 25.2. The van der Waals surface area contributed by atoms with Gasteiger partial charge in [0.25, 0.3) is 5.91 Å². The zero-order valence-corrected chi connectivity index (χ0v) is 20.0. The van der Waals surface area contributed by atoms with Crippen molar-refractivity contribution < 1.29 is 19.5 Å². The highest BCUT2D eigenvalue weighted by atomic mass is 32.2. The Balaban J connectivity index is 1.42. The van der Waals surface area contributed by atoms with Gasteiger partial charge in [-0.05, 0) is 49.4 Å². The van der Waals surface area contributed by atoms with E-state index < -0.39 is 5.25 Å². The summed E-state index contributed by atoms with van der Waals surface area (Å²) in [5.74, 6) is -1.00. The van der Waals surface area contributed by atoms with Crippen LogP contribution in [0.2, 0.25) is 0 Å². The van der Waals surface area contributed by atoms with Crippen LogP contribution in [0.4, 0.5) is 17.1 Å². The predicted molar refractivity (Wildman–Crippen MR) is 140 cm³/mol. The van der Waals surface area contributed by atoms with Crippen LogP contribution in [0.25, 0.3) is 0 Å². The summed E-state index contributed by atoms with van der Waals surface area (Å²) in [5.41, 5.74) is 3.56. The van der Waals surface area contributed by atoms with Crippen LogP contribution in [0.15, 0.2) is 83.0 Å². The van der Waals surface area contributed by atoms with E-state index in [1.165, 1.54) is 17.0 Å². The van der Waals surface area contributed by atoms with Crippen molar-refractivity contribution in [1.82, 2.24) is 0 Å². The van der Waals surface area contributed by atoms with Crippen molar-refractivity contribution in [2.24, 2.45) is 10.2 Å². The molecule has 0 saturated carbocycles. The molecule has 1 atom stereocenters. The standard InChI is InChI=1S/C26H21N5O4S/c1-15-6-8-16(9-7-15)27-22(33)14-21-25(35)31(17-10-12-18(32)13-11-17)26(36-21)30-29-23-19-4-2-3-5-20(19)28-24(23)34/h2-13,21,32H,14H2,1H3,(H,27,33)(H,28,29,34)/b30-26+. The van der Waals surface area contributed by atoms with Crippen LogP contribution < -0.4 is 15.5 Å². The lowest BCUT2D eigenvalue weighted by atomic mass is 10.1. The quantitative estimate of drug-likeness (QED) is 0.460. The summed E-state index contributed by atoms with van der Waals surface area (Å²) in [4.78, 5) is 39.8. The van der Waals surface area contributed by atoms with E-state index in [-0.39, 0.29) is 40.8 Å². The van der Waals surface area contributed by atoms with Gasteiger partial charge in [-0.25, -0.2) is 0 Å². The third kappa shape index (κ3) is 4.71. The molecule has 36 heavy (non-hydrogen) atoms. The highest BCUT2D eigenvalue weighted by Gasteiger charge is 2.40. The molecule has 2 aliphatic rings. The van der Waals surface area contributed by atoms with E-state index >= 15 is 0 Å². The predicted octanol–water partition coefficient (Wildman–Crippen LogP) is 3.89. The van der Waals surface area contributed by atoms with Gasteiger partial charge in [-0.3, -0.25) is 19.3 Å². The number of benzene rings is 3. The number of aromatic hydroxyl groups is 1. The number of phenolic OH excluding ortho intramolecular Hbond substituents is 1. The molecule has 180 valence electrons. The second-order valence-electron chi connectivity index (χ2n) is 8.25. The Bertz CT molecular complexity index is 1420. The third-order valence-electron chi connectivity index (χ3n) is 5.63. The number of anilines is 3. The number of nitrogens with zero attached hydrogens (tertiary/aromatic N) is 3. The molecule has 0 aromatic heterocycles. The second-order valence-corrected chi connectivity index (χ2v) is 9.42. The Morgan fingerprint density at radius 3 is 2.50 bits per heavy atom. The van der Waals surface area contributed by atoms with Gasteiger partial charge in [-0.1, -0.05) is 47.7 Å². The molecule has 0 bridgehead atoms. The lowest BCUT2D eigenvalue weighted by Crippen LogP contribution is -2.33. The Hall–Kier alpha value is -4.44.